The summed E-state index contributed by atoms with van der Waals surface area (Å²) >= 11 is 0. The number of nitrogens with one attached hydrogen (secondary N) is 1. The standard InChI is InChI=1S/C17H17N3/c1-11-7-8-15(12(2)9-11)20-17(18)14-10-19-16-6-4-3-5-13(14)16/h3-10,19H,1-2H3,(H2,18,20). The molecular weight excluding hydrogens is 246 g/mol. The van der Waals surface area contributed by atoms with Crippen molar-refractivity contribution < 1.29 is 0 Å². The fourth-order valence-electron chi connectivity index (χ4n) is 2.40. The maximum Gasteiger partial charge on any atom is 0.133 e. The second kappa shape index (κ2) is 4.85. The van der Waals surface area contributed by atoms with E-state index in [-0.39, 0.29) is 0 Å². The first-order valence-electron chi connectivity index (χ1n) is 6.63. The van der Waals surface area contributed by atoms with E-state index >= 15 is 0 Å². The molecule has 1 aromatic heterocycles. The van der Waals surface area contributed by atoms with Gasteiger partial charge in [0.15, 0.2) is 0 Å². The monoisotopic (exact) mass is 263 g/mol. The van der Waals surface area contributed by atoms with Gasteiger partial charge in [-0.3, -0.25) is 0 Å². The topological polar surface area (TPSA) is 54.2 Å². The number of H-pyrrole nitrogens is 1. The van der Waals surface area contributed by atoms with Gasteiger partial charge in [-0.15, -0.1) is 0 Å². The molecule has 0 unspecified atom stereocenters. The van der Waals surface area contributed by atoms with E-state index in [1.54, 1.807) is 0 Å². The molecule has 0 aliphatic carbocycles. The smallest absolute Gasteiger partial charge is 0.133 e. The molecule has 0 atom stereocenters. The van der Waals surface area contributed by atoms with Crippen LogP contribution in [0.5, 0.6) is 0 Å². The third-order valence-corrected chi connectivity index (χ3v) is 3.46. The number of nitrogens with zero attached hydrogens (tertiary/aromatic N) is 1. The average Bonchev–Trinajstić information content (AvgIpc) is 2.86. The molecular formula is C17H17N3. The molecule has 2 aromatic carbocycles. The maximum absolute atomic E-state index is 6.17. The summed E-state index contributed by atoms with van der Waals surface area (Å²) in [4.78, 5) is 7.78. The zero-order valence-electron chi connectivity index (χ0n) is 11.6. The van der Waals surface area contributed by atoms with E-state index < -0.39 is 0 Å². The second-order valence-corrected chi connectivity index (χ2v) is 5.03. The number of hydrogen-bond donors (Lipinski definition) is 2. The summed E-state index contributed by atoms with van der Waals surface area (Å²) in [6.45, 7) is 4.12. The molecule has 3 heteroatoms. The van der Waals surface area contributed by atoms with E-state index in [4.69, 9.17) is 5.73 Å². The zero-order chi connectivity index (χ0) is 14.1. The van der Waals surface area contributed by atoms with Crippen LogP contribution in [0.15, 0.2) is 53.7 Å². The Hall–Kier alpha value is -2.55. The first-order valence-corrected chi connectivity index (χ1v) is 6.63. The molecule has 3 nitrogen and oxygen atoms in total. The normalized spacial score (nSPS) is 12.0. The zero-order valence-corrected chi connectivity index (χ0v) is 11.6. The average molecular weight is 263 g/mol. The van der Waals surface area contributed by atoms with Gasteiger partial charge >= 0.3 is 0 Å². The molecule has 0 aliphatic rings. The van der Waals surface area contributed by atoms with Crippen LogP contribution in [0.2, 0.25) is 0 Å². The highest BCUT2D eigenvalue weighted by molar-refractivity contribution is 6.09. The van der Waals surface area contributed by atoms with Crippen LogP contribution in [-0.2, 0) is 0 Å². The molecule has 0 saturated carbocycles. The number of nitrogens with two attached hydrogens (primary N) is 1. The minimum absolute atomic E-state index is 0.536. The summed E-state index contributed by atoms with van der Waals surface area (Å²) in [5, 5.41) is 1.10. The van der Waals surface area contributed by atoms with E-state index in [0.29, 0.717) is 5.84 Å². The minimum atomic E-state index is 0.536. The van der Waals surface area contributed by atoms with Crippen molar-refractivity contribution >= 4 is 22.4 Å². The summed E-state index contributed by atoms with van der Waals surface area (Å²) in [5.41, 5.74) is 11.5. The summed E-state index contributed by atoms with van der Waals surface area (Å²) < 4.78 is 0. The van der Waals surface area contributed by atoms with Crippen molar-refractivity contribution in [1.82, 2.24) is 4.98 Å². The van der Waals surface area contributed by atoms with Gasteiger partial charge in [0.25, 0.3) is 0 Å². The summed E-state index contributed by atoms with van der Waals surface area (Å²) in [5.74, 6) is 0.536. The number of aliphatic imine (C=N–C) groups is 1. The van der Waals surface area contributed by atoms with Crippen molar-refractivity contribution in [2.75, 3.05) is 0 Å². The van der Waals surface area contributed by atoms with Crippen LogP contribution in [0.4, 0.5) is 5.69 Å². The molecule has 0 spiro atoms. The van der Waals surface area contributed by atoms with Gasteiger partial charge in [-0.2, -0.15) is 0 Å². The Morgan fingerprint density at radius 2 is 1.90 bits per heavy atom. The highest BCUT2D eigenvalue weighted by Crippen LogP contribution is 2.22. The molecule has 0 aliphatic heterocycles. The molecule has 0 fully saturated rings. The fraction of sp³-hybridized carbons (Fsp3) is 0.118. The van der Waals surface area contributed by atoms with E-state index in [2.05, 4.69) is 23.0 Å². The Bertz CT molecular complexity index is 797. The third-order valence-electron chi connectivity index (χ3n) is 3.46. The Morgan fingerprint density at radius 1 is 1.10 bits per heavy atom. The van der Waals surface area contributed by atoms with Crippen molar-refractivity contribution in [1.29, 1.82) is 0 Å². The molecule has 0 bridgehead atoms. The predicted molar refractivity (Wildman–Crippen MR) is 84.6 cm³/mol. The van der Waals surface area contributed by atoms with Gasteiger partial charge in [-0.1, -0.05) is 35.9 Å². The van der Waals surface area contributed by atoms with E-state index in [1.807, 2.05) is 49.5 Å². The van der Waals surface area contributed by atoms with Crippen LogP contribution in [0.3, 0.4) is 0 Å². The lowest BCUT2D eigenvalue weighted by molar-refractivity contribution is 1.33. The number of para-hydroxylation sites is 1. The molecule has 20 heavy (non-hydrogen) atoms. The number of aromatic nitrogens is 1. The molecule has 100 valence electrons. The minimum Gasteiger partial charge on any atom is -0.383 e. The number of aromatic amines is 1. The molecule has 1 heterocycles. The Morgan fingerprint density at radius 3 is 2.70 bits per heavy atom. The molecule has 0 amide bonds. The third kappa shape index (κ3) is 2.18. The van der Waals surface area contributed by atoms with Gasteiger partial charge in [0, 0.05) is 22.7 Å². The van der Waals surface area contributed by atoms with Gasteiger partial charge in [-0.25, -0.2) is 4.99 Å². The first-order chi connectivity index (χ1) is 9.65. The van der Waals surface area contributed by atoms with E-state index in [0.717, 1.165) is 27.7 Å². The number of rotatable bonds is 2. The largest absolute Gasteiger partial charge is 0.383 e. The number of amidine groups is 1. The van der Waals surface area contributed by atoms with Crippen molar-refractivity contribution in [2.45, 2.75) is 13.8 Å². The van der Waals surface area contributed by atoms with Crippen molar-refractivity contribution in [3.8, 4) is 0 Å². The van der Waals surface area contributed by atoms with Crippen LogP contribution in [0.25, 0.3) is 10.9 Å². The van der Waals surface area contributed by atoms with Crippen molar-refractivity contribution in [3.05, 3.63) is 65.4 Å². The molecule has 3 N–H and O–H groups in total. The number of aryl methyl sites for hydroxylation is 2. The number of hydrogen-bond acceptors (Lipinski definition) is 1. The van der Waals surface area contributed by atoms with Crippen LogP contribution in [0.1, 0.15) is 16.7 Å². The van der Waals surface area contributed by atoms with Gasteiger partial charge in [0.2, 0.25) is 0 Å². The van der Waals surface area contributed by atoms with Crippen molar-refractivity contribution in [3.63, 3.8) is 0 Å². The number of fused-ring (bicyclic) bond motifs is 1. The molecule has 3 rings (SSSR count). The Balaban J connectivity index is 2.07. The Labute approximate surface area is 118 Å². The number of benzene rings is 2. The predicted octanol–water partition coefficient (Wildman–Crippen LogP) is 3.82. The van der Waals surface area contributed by atoms with Crippen LogP contribution in [0, 0.1) is 13.8 Å². The summed E-state index contributed by atoms with van der Waals surface area (Å²) in [7, 11) is 0. The van der Waals surface area contributed by atoms with Crippen LogP contribution >= 0.6 is 0 Å². The molecule has 3 aromatic rings. The van der Waals surface area contributed by atoms with E-state index in [1.165, 1.54) is 5.56 Å². The molecule has 0 radical (unpaired) electrons. The van der Waals surface area contributed by atoms with Gasteiger partial charge in [0.05, 0.1) is 5.69 Å². The maximum atomic E-state index is 6.17. The quantitative estimate of drug-likeness (QED) is 0.536. The highest BCUT2D eigenvalue weighted by atomic mass is 14.9. The van der Waals surface area contributed by atoms with Gasteiger partial charge in [-0.05, 0) is 31.5 Å². The fourth-order valence-corrected chi connectivity index (χ4v) is 2.40. The molecule has 0 saturated heterocycles. The van der Waals surface area contributed by atoms with Crippen molar-refractivity contribution in [2.24, 2.45) is 10.7 Å². The SMILES string of the molecule is Cc1ccc(N=C(N)c2c[nH]c3ccccc23)c(C)c1. The van der Waals surface area contributed by atoms with Crippen LogP contribution in [-0.4, -0.2) is 10.8 Å². The lowest BCUT2D eigenvalue weighted by Crippen LogP contribution is -2.12. The van der Waals surface area contributed by atoms with Crippen LogP contribution < -0.4 is 5.73 Å². The Kier molecular flexibility index (Phi) is 3.03. The second-order valence-electron chi connectivity index (χ2n) is 5.03. The lowest BCUT2D eigenvalue weighted by Gasteiger charge is -2.04. The highest BCUT2D eigenvalue weighted by Gasteiger charge is 2.07. The lowest BCUT2D eigenvalue weighted by atomic mass is 10.1. The summed E-state index contributed by atoms with van der Waals surface area (Å²) in [6.07, 6.45) is 1.91. The van der Waals surface area contributed by atoms with Gasteiger partial charge in [0.1, 0.15) is 5.84 Å². The van der Waals surface area contributed by atoms with Gasteiger partial charge < -0.3 is 10.7 Å². The first kappa shape index (κ1) is 12.5. The van der Waals surface area contributed by atoms with E-state index in [9.17, 15) is 0 Å². The summed E-state index contributed by atoms with van der Waals surface area (Å²) in [6, 6.07) is 14.3.